The molecule has 0 spiro atoms. The Labute approximate surface area is 173 Å². The van der Waals surface area contributed by atoms with Crippen LogP contribution in [0, 0.1) is 0 Å². The number of nitrogens with zero attached hydrogens (tertiary/aromatic N) is 2. The van der Waals surface area contributed by atoms with Crippen molar-refractivity contribution in [2.24, 2.45) is 5.73 Å². The molecular weight excluding hydrogens is 421 g/mol. The van der Waals surface area contributed by atoms with E-state index in [1.165, 1.54) is 12.1 Å². The number of anilines is 2. The lowest BCUT2D eigenvalue weighted by Gasteiger charge is -2.35. The molecule has 2 aromatic carbocycles. The van der Waals surface area contributed by atoms with Gasteiger partial charge in [-0.3, -0.25) is 0 Å². The Kier molecular flexibility index (Phi) is 5.18. The van der Waals surface area contributed by atoms with Crippen molar-refractivity contribution in [3.05, 3.63) is 53.8 Å². The molecule has 2 heterocycles. The van der Waals surface area contributed by atoms with Gasteiger partial charge < -0.3 is 15.1 Å². The third-order valence-corrected chi connectivity index (χ3v) is 7.63. The van der Waals surface area contributed by atoms with Gasteiger partial charge in [0.2, 0.25) is 0 Å². The molecule has 0 saturated carbocycles. The molecular formula is C19H19Cl2N3O3S. The summed E-state index contributed by atoms with van der Waals surface area (Å²) in [5.41, 5.74) is 7.97. The van der Waals surface area contributed by atoms with Crippen LogP contribution in [0.5, 0.6) is 0 Å². The molecule has 0 bridgehead atoms. The normalized spacial score (nSPS) is 17.8. The molecule has 1 aromatic heterocycles. The van der Waals surface area contributed by atoms with Crippen LogP contribution in [-0.4, -0.2) is 21.1 Å². The minimum atomic E-state index is -4.05. The van der Waals surface area contributed by atoms with Crippen molar-refractivity contribution >= 4 is 55.7 Å². The summed E-state index contributed by atoms with van der Waals surface area (Å²) in [6.07, 6.45) is 4.31. The minimum Gasteiger partial charge on any atom is -0.462 e. The van der Waals surface area contributed by atoms with E-state index in [1.807, 2.05) is 4.90 Å². The monoisotopic (exact) mass is 439 g/mol. The average Bonchev–Trinajstić information content (AvgIpc) is 3.16. The summed E-state index contributed by atoms with van der Waals surface area (Å²) in [5, 5.41) is 0.848. The Hall–Kier alpha value is -1.93. The number of hydrogen-bond donors (Lipinski definition) is 1. The molecule has 1 fully saturated rings. The first-order chi connectivity index (χ1) is 13.4. The summed E-state index contributed by atoms with van der Waals surface area (Å²) < 4.78 is 32.4. The molecule has 1 aliphatic rings. The summed E-state index contributed by atoms with van der Waals surface area (Å²) in [7, 11) is -4.05. The average molecular weight is 440 g/mol. The second kappa shape index (κ2) is 7.48. The van der Waals surface area contributed by atoms with Crippen LogP contribution in [0.15, 0.2) is 58.0 Å². The lowest BCUT2D eigenvalue weighted by molar-refractivity contribution is 0.468. The summed E-state index contributed by atoms with van der Waals surface area (Å²) in [5.74, 6) is 0. The van der Waals surface area contributed by atoms with Gasteiger partial charge in [-0.1, -0.05) is 23.7 Å². The number of rotatable bonds is 4. The molecule has 148 valence electrons. The van der Waals surface area contributed by atoms with Gasteiger partial charge in [-0.25, -0.2) is 0 Å². The highest BCUT2D eigenvalue weighted by molar-refractivity contribution is 7.94. The first-order valence-electron chi connectivity index (χ1n) is 8.89. The zero-order valence-corrected chi connectivity index (χ0v) is 17.2. The molecule has 0 amide bonds. The van der Waals surface area contributed by atoms with Gasteiger partial charge in [-0.05, 0) is 49.6 Å². The molecule has 0 aliphatic carbocycles. The lowest BCUT2D eigenvalue weighted by atomic mass is 10.1. The zero-order chi connectivity index (χ0) is 19.9. The maximum absolute atomic E-state index is 13.0. The van der Waals surface area contributed by atoms with Crippen molar-refractivity contribution in [3.63, 3.8) is 0 Å². The van der Waals surface area contributed by atoms with E-state index in [1.54, 1.807) is 36.6 Å². The Morgan fingerprint density at radius 1 is 1.18 bits per heavy atom. The van der Waals surface area contributed by atoms with Gasteiger partial charge in [-0.15, -0.1) is 0 Å². The number of hydrogen-bond acceptors (Lipinski definition) is 5. The van der Waals surface area contributed by atoms with Crippen LogP contribution >= 0.6 is 23.4 Å². The van der Waals surface area contributed by atoms with Crippen LogP contribution in [0.1, 0.15) is 19.3 Å². The molecule has 2 N–H and O–H groups in total. The van der Waals surface area contributed by atoms with Crippen LogP contribution in [0.4, 0.5) is 11.4 Å². The zero-order valence-electron chi connectivity index (χ0n) is 14.9. The molecule has 28 heavy (non-hydrogen) atoms. The first-order valence-corrected chi connectivity index (χ1v) is 11.0. The number of halogens is 2. The quantitative estimate of drug-likeness (QED) is 0.595. The minimum absolute atomic E-state index is 0.0600. The van der Waals surface area contributed by atoms with Gasteiger partial charge in [0.05, 0.1) is 28.8 Å². The highest BCUT2D eigenvalue weighted by atomic mass is 35.5. The Balaban J connectivity index is 1.82. The van der Waals surface area contributed by atoms with Crippen molar-refractivity contribution in [3.8, 4) is 0 Å². The van der Waals surface area contributed by atoms with E-state index in [9.17, 15) is 8.42 Å². The number of fused-ring (bicyclic) bond motifs is 1. The van der Waals surface area contributed by atoms with E-state index in [4.69, 9.17) is 33.5 Å². The fraction of sp³-hybridized carbons (Fsp3) is 0.263. The number of piperidine rings is 1. The highest BCUT2D eigenvalue weighted by Gasteiger charge is 2.29. The van der Waals surface area contributed by atoms with E-state index < -0.39 is 10.0 Å². The van der Waals surface area contributed by atoms with Crippen LogP contribution in [0.2, 0.25) is 5.02 Å². The highest BCUT2D eigenvalue weighted by Crippen LogP contribution is 2.38. The third kappa shape index (κ3) is 3.33. The third-order valence-electron chi connectivity index (χ3n) is 4.90. The SMILES string of the molecule is NC1CCCCN1c1cc(N(Cl)S(=O)(=O)c2ccccc2Cl)cc2ccoc12. The van der Waals surface area contributed by atoms with E-state index in [0.29, 0.717) is 11.3 Å². The van der Waals surface area contributed by atoms with E-state index in [0.717, 1.165) is 40.7 Å². The fourth-order valence-electron chi connectivity index (χ4n) is 3.50. The molecule has 4 rings (SSSR count). The van der Waals surface area contributed by atoms with Gasteiger partial charge in [0.15, 0.2) is 5.58 Å². The number of benzene rings is 2. The summed E-state index contributed by atoms with van der Waals surface area (Å²) in [4.78, 5) is 1.97. The lowest BCUT2D eigenvalue weighted by Crippen LogP contribution is -2.45. The van der Waals surface area contributed by atoms with E-state index in [2.05, 4.69) is 0 Å². The Bertz CT molecular complexity index is 1120. The molecule has 1 aliphatic heterocycles. The molecule has 1 unspecified atom stereocenters. The summed E-state index contributed by atoms with van der Waals surface area (Å²) in [6.45, 7) is 0.764. The molecule has 1 atom stereocenters. The van der Waals surface area contributed by atoms with Crippen LogP contribution in [-0.2, 0) is 10.0 Å². The summed E-state index contributed by atoms with van der Waals surface area (Å²) in [6, 6.07) is 11.3. The van der Waals surface area contributed by atoms with Crippen molar-refractivity contribution in [1.29, 1.82) is 0 Å². The maximum Gasteiger partial charge on any atom is 0.279 e. The van der Waals surface area contributed by atoms with Gasteiger partial charge in [0.1, 0.15) is 4.90 Å². The molecule has 9 heteroatoms. The van der Waals surface area contributed by atoms with Gasteiger partial charge in [0.25, 0.3) is 10.0 Å². The second-order valence-corrected chi connectivity index (χ2v) is 9.41. The Morgan fingerprint density at radius 2 is 1.96 bits per heavy atom. The van der Waals surface area contributed by atoms with Gasteiger partial charge in [0, 0.05) is 23.7 Å². The van der Waals surface area contributed by atoms with Crippen LogP contribution in [0.3, 0.4) is 0 Å². The van der Waals surface area contributed by atoms with Gasteiger partial charge in [-0.2, -0.15) is 12.2 Å². The molecule has 3 aromatic rings. The second-order valence-electron chi connectivity index (χ2n) is 6.71. The van der Waals surface area contributed by atoms with Gasteiger partial charge >= 0.3 is 0 Å². The summed E-state index contributed by atoms with van der Waals surface area (Å²) >= 11 is 12.4. The fourth-order valence-corrected chi connectivity index (χ4v) is 5.37. The molecule has 6 nitrogen and oxygen atoms in total. The largest absolute Gasteiger partial charge is 0.462 e. The number of sulfonamides is 1. The topological polar surface area (TPSA) is 79.8 Å². The number of furan rings is 1. The predicted molar refractivity (Wildman–Crippen MR) is 112 cm³/mol. The smallest absolute Gasteiger partial charge is 0.279 e. The number of nitrogens with two attached hydrogens (primary N) is 1. The van der Waals surface area contributed by atoms with Crippen molar-refractivity contribution in [1.82, 2.24) is 0 Å². The van der Waals surface area contributed by atoms with Crippen molar-refractivity contribution in [2.45, 2.75) is 30.3 Å². The van der Waals surface area contributed by atoms with E-state index >= 15 is 0 Å². The maximum atomic E-state index is 13.0. The molecule has 1 saturated heterocycles. The standard InChI is InChI=1S/C19H19Cl2N3O3S/c20-15-5-1-2-6-17(15)28(25,26)24(21)14-11-13-8-10-27-19(13)16(12-14)23-9-4-3-7-18(23)22/h1-2,5-6,8,10-12,18H,3-4,7,9,22H2. The van der Waals surface area contributed by atoms with Crippen molar-refractivity contribution < 1.29 is 12.8 Å². The predicted octanol–water partition coefficient (Wildman–Crippen LogP) is 4.71. The first kappa shape index (κ1) is 19.4. The van der Waals surface area contributed by atoms with E-state index in [-0.39, 0.29) is 16.1 Å². The Morgan fingerprint density at radius 3 is 2.71 bits per heavy atom. The van der Waals surface area contributed by atoms with Crippen LogP contribution in [0.25, 0.3) is 11.0 Å². The molecule has 0 radical (unpaired) electrons. The van der Waals surface area contributed by atoms with Crippen molar-refractivity contribution in [2.75, 3.05) is 15.3 Å². The van der Waals surface area contributed by atoms with Crippen LogP contribution < -0.4 is 14.5 Å².